The molecule has 1 saturated carbocycles. The average molecular weight is 1320 g/mol. The molecule has 0 radical (unpaired) electrons. The Morgan fingerprint density at radius 2 is 1.40 bits per heavy atom. The van der Waals surface area contributed by atoms with Crippen molar-refractivity contribution in [1.29, 1.82) is 0 Å². The zero-order valence-corrected chi connectivity index (χ0v) is 56.1. The summed E-state index contributed by atoms with van der Waals surface area (Å²) in [7, 11) is 1.96. The second kappa shape index (κ2) is 36.6. The van der Waals surface area contributed by atoms with Crippen molar-refractivity contribution in [2.45, 2.75) is 153 Å². The Balaban J connectivity index is 0.757. The van der Waals surface area contributed by atoms with Gasteiger partial charge in [0, 0.05) is 75.3 Å². The van der Waals surface area contributed by atoms with Crippen molar-refractivity contribution in [1.82, 2.24) is 57.5 Å². The van der Waals surface area contributed by atoms with Gasteiger partial charge >= 0.3 is 0 Å². The van der Waals surface area contributed by atoms with Gasteiger partial charge in [-0.25, -0.2) is 4.98 Å². The van der Waals surface area contributed by atoms with Gasteiger partial charge in [0.1, 0.15) is 41.2 Å². The number of aromatic nitrogens is 4. The van der Waals surface area contributed by atoms with Gasteiger partial charge in [0.2, 0.25) is 64.0 Å². The number of primary amides is 1. The molecule has 6 aromatic rings. The number of nitrogens with zero attached hydrogens (tertiary/aromatic N) is 8. The van der Waals surface area contributed by atoms with Crippen molar-refractivity contribution < 1.29 is 42.9 Å². The van der Waals surface area contributed by atoms with E-state index in [0.717, 1.165) is 97.3 Å². The van der Waals surface area contributed by atoms with Crippen LogP contribution in [-0.2, 0) is 44.8 Å². The van der Waals surface area contributed by atoms with Gasteiger partial charge in [-0.1, -0.05) is 68.5 Å². The number of azo groups is 1. The first kappa shape index (κ1) is 71.8. The number of thioether (sulfide) groups is 1. The Labute approximate surface area is 559 Å². The fourth-order valence-corrected chi connectivity index (χ4v) is 12.5. The Morgan fingerprint density at radius 1 is 0.705 bits per heavy atom. The third-order valence-electron chi connectivity index (χ3n) is 17.5. The molecule has 4 aromatic carbocycles. The number of carbonyl (C=O) groups is 8. The normalized spacial score (nSPS) is 15.7. The molecule has 95 heavy (non-hydrogen) atoms. The lowest BCUT2D eigenvalue weighted by atomic mass is 9.84. The van der Waals surface area contributed by atoms with Crippen LogP contribution >= 0.6 is 11.8 Å². The van der Waals surface area contributed by atoms with Gasteiger partial charge in [-0.05, 0) is 152 Å². The standard InChI is InChI=1S/C69H93N17O8S/c1-6-85(7-2)52-30-32-54-61(41-52)86(51-20-12-9-13-21-51)60-40-48(27-31-53(60)77-54)83-82-47-25-28-50(29-26-47)84(4)36-17-24-62(87)73-34-15-14-22-55(64(70)89)79-65(90)45(3)76-69(94)59(39-49-42-71-44-75-49)81-68(93)57(33-37-95-5)78-63(88)43-74-66(91)58(38-46-18-10-8-11-19-46)80-67(92)56-23-16-35-72-56/h9,12-13,20-21,25-32,40-42,44-46,55-59,72H,6-8,10-11,14-19,22-24,33-39,43H2,1-5H3,(H9-,70,71,73,74,75,76,78,79,80,81,87,88,89,90,91,92,93,94)/t45-,55-,56-,57-,58-,59-/m0/s1. The van der Waals surface area contributed by atoms with Gasteiger partial charge in [0.25, 0.3) is 0 Å². The summed E-state index contributed by atoms with van der Waals surface area (Å²) in [6.45, 7) is 8.74. The van der Waals surface area contributed by atoms with E-state index in [9.17, 15) is 38.4 Å². The second-order valence-corrected chi connectivity index (χ2v) is 25.4. The molecule has 6 atom stereocenters. The molecule has 10 N–H and O–H groups in total. The van der Waals surface area contributed by atoms with Gasteiger partial charge < -0.3 is 68.0 Å². The maximum atomic E-state index is 14.0. The number of hydrogen-bond donors (Lipinski definition) is 9. The number of hydrogen-bond acceptors (Lipinski definition) is 16. The van der Waals surface area contributed by atoms with Crippen molar-refractivity contribution in [2.75, 3.05) is 68.1 Å². The van der Waals surface area contributed by atoms with Crippen LogP contribution in [0.5, 0.6) is 0 Å². The molecule has 8 amide bonds. The van der Waals surface area contributed by atoms with Crippen molar-refractivity contribution in [3.05, 3.63) is 109 Å². The summed E-state index contributed by atoms with van der Waals surface area (Å²) >= 11 is 1.44. The summed E-state index contributed by atoms with van der Waals surface area (Å²) in [5.74, 6) is -3.69. The molecule has 2 aliphatic rings. The number of para-hydroxylation sites is 1. The number of carbonyl (C=O) groups excluding carboxylic acids is 8. The lowest BCUT2D eigenvalue weighted by Gasteiger charge is -2.27. The van der Waals surface area contributed by atoms with Gasteiger partial charge in [-0.2, -0.15) is 22.0 Å². The number of amides is 8. The van der Waals surface area contributed by atoms with E-state index in [-0.39, 0.29) is 43.0 Å². The highest BCUT2D eigenvalue weighted by atomic mass is 32.2. The number of rotatable bonds is 36. The Kier molecular flexibility index (Phi) is 27.6. The van der Waals surface area contributed by atoms with Gasteiger partial charge in [0.15, 0.2) is 0 Å². The molecule has 1 aliphatic carbocycles. The van der Waals surface area contributed by atoms with E-state index in [0.29, 0.717) is 74.4 Å². The molecular weight excluding hydrogens is 1230 g/mol. The zero-order chi connectivity index (χ0) is 67.6. The maximum Gasteiger partial charge on any atom is 0.243 e. The van der Waals surface area contributed by atoms with Crippen LogP contribution in [0.15, 0.2) is 114 Å². The number of fused-ring (bicyclic) bond motifs is 2. The molecule has 1 saturated heterocycles. The first-order valence-corrected chi connectivity index (χ1v) is 34.7. The molecule has 25 nitrogen and oxygen atoms in total. The van der Waals surface area contributed by atoms with Crippen molar-refractivity contribution in [2.24, 2.45) is 21.9 Å². The SMILES string of the molecule is CCN(CC)c1ccc2nc3ccc(N=Nc4ccc(N(C)CCCC(=O)NCCCC[C@H](NC(=O)[C@H](C)NC(=O)[C@H](Cc5c[n-]cn5)NC(=O)[C@H](CCSC)NC(=O)CNC(=O)[C@H](CC5CCCCC5)NC(=O)[C@@H]5CCCN5)C(N)=O)cc4)cc3[n+](-c3ccccc3)c2c1. The molecule has 0 spiro atoms. The minimum Gasteiger partial charge on any atom is -0.450 e. The number of anilines is 2. The minimum atomic E-state index is -1.28. The van der Waals surface area contributed by atoms with E-state index in [4.69, 9.17) is 10.7 Å². The largest absolute Gasteiger partial charge is 0.450 e. The quantitative estimate of drug-likeness (QED) is 0.0101. The van der Waals surface area contributed by atoms with Crippen molar-refractivity contribution in [3.63, 3.8) is 0 Å². The topological polar surface area (TPSA) is 334 Å². The van der Waals surface area contributed by atoms with E-state index >= 15 is 0 Å². The van der Waals surface area contributed by atoms with Crippen LogP contribution in [0.2, 0.25) is 0 Å². The molecule has 2 fully saturated rings. The molecule has 2 aromatic heterocycles. The van der Waals surface area contributed by atoms with E-state index in [2.05, 4.69) is 121 Å². The number of nitrogens with one attached hydrogen (secondary N) is 8. The fourth-order valence-electron chi connectivity index (χ4n) is 12.0. The van der Waals surface area contributed by atoms with E-state index in [1.807, 2.05) is 74.0 Å². The van der Waals surface area contributed by atoms with E-state index < -0.39 is 72.2 Å². The second-order valence-electron chi connectivity index (χ2n) is 24.4. The predicted octanol–water partition coefficient (Wildman–Crippen LogP) is 5.55. The first-order valence-electron chi connectivity index (χ1n) is 33.3. The lowest BCUT2D eigenvalue weighted by Crippen LogP contribution is -2.58. The first-order chi connectivity index (χ1) is 46.0. The molecule has 8 rings (SSSR count). The van der Waals surface area contributed by atoms with Crippen molar-refractivity contribution >= 4 is 104 Å². The van der Waals surface area contributed by atoms with Crippen LogP contribution in [0.1, 0.15) is 116 Å². The summed E-state index contributed by atoms with van der Waals surface area (Å²) in [5, 5.41) is 31.5. The van der Waals surface area contributed by atoms with Crippen LogP contribution in [0.3, 0.4) is 0 Å². The molecule has 0 bridgehead atoms. The molecular formula is C69H93N17O8S. The summed E-state index contributed by atoms with van der Waals surface area (Å²) in [6, 6.07) is 24.4. The van der Waals surface area contributed by atoms with Crippen LogP contribution < -0.4 is 67.6 Å². The van der Waals surface area contributed by atoms with E-state index in [1.165, 1.54) is 31.2 Å². The zero-order valence-electron chi connectivity index (χ0n) is 55.2. The highest BCUT2D eigenvalue weighted by Gasteiger charge is 2.33. The molecule has 3 heterocycles. The Bertz CT molecular complexity index is 3560. The molecule has 508 valence electrons. The van der Waals surface area contributed by atoms with Gasteiger partial charge in [0.05, 0.1) is 24.0 Å². The van der Waals surface area contributed by atoms with Crippen molar-refractivity contribution in [3.8, 4) is 5.69 Å². The summed E-state index contributed by atoms with van der Waals surface area (Å²) in [5.41, 5.74) is 14.2. The van der Waals surface area contributed by atoms with Crippen LogP contribution in [0, 0.1) is 5.92 Å². The average Bonchev–Trinajstić information content (AvgIpc) is 1.20. The predicted molar refractivity (Wildman–Crippen MR) is 368 cm³/mol. The Morgan fingerprint density at radius 3 is 2.09 bits per heavy atom. The maximum absolute atomic E-state index is 14.0. The lowest BCUT2D eigenvalue weighted by molar-refractivity contribution is -0.538. The highest BCUT2D eigenvalue weighted by molar-refractivity contribution is 7.98. The summed E-state index contributed by atoms with van der Waals surface area (Å²) in [4.78, 5) is 125. The van der Waals surface area contributed by atoms with Crippen LogP contribution in [0.4, 0.5) is 22.7 Å². The third kappa shape index (κ3) is 21.5. The number of unbranched alkanes of at least 4 members (excludes halogenated alkanes) is 1. The van der Waals surface area contributed by atoms with E-state index in [1.54, 1.807) is 0 Å². The van der Waals surface area contributed by atoms with Crippen LogP contribution in [0.25, 0.3) is 27.8 Å². The van der Waals surface area contributed by atoms with Gasteiger partial charge in [-0.15, -0.1) is 4.57 Å². The van der Waals surface area contributed by atoms with Gasteiger partial charge in [-0.3, -0.25) is 38.4 Å². The number of nitrogens with two attached hydrogens (primary N) is 1. The molecule has 0 unspecified atom stereocenters. The number of benzene rings is 4. The smallest absolute Gasteiger partial charge is 0.243 e. The fraction of sp³-hybridized carbons (Fsp3) is 0.493. The molecule has 26 heteroatoms. The summed E-state index contributed by atoms with van der Waals surface area (Å²) < 4.78 is 2.23. The minimum absolute atomic E-state index is 0.113. The third-order valence-corrected chi connectivity index (χ3v) is 18.1. The summed E-state index contributed by atoms with van der Waals surface area (Å²) in [6.07, 6.45) is 13.8. The Hall–Kier alpha value is -9.04. The highest BCUT2D eigenvalue weighted by Crippen LogP contribution is 2.29. The number of imidazole rings is 1. The molecule has 1 aliphatic heterocycles. The monoisotopic (exact) mass is 1320 g/mol. The van der Waals surface area contributed by atoms with Crippen LogP contribution in [-0.4, -0.2) is 152 Å².